The molecule has 0 radical (unpaired) electrons. The molecule has 48 valence electrons. The topological polar surface area (TPSA) is 29.5 Å². The van der Waals surface area contributed by atoms with Crippen LogP contribution in [0.5, 0.6) is 0 Å². The van der Waals surface area contributed by atoms with Gasteiger partial charge >= 0.3 is 0 Å². The summed E-state index contributed by atoms with van der Waals surface area (Å²) in [5, 5.41) is 8.73. The predicted molar refractivity (Wildman–Crippen MR) is 32.4 cm³/mol. The normalized spacial score (nSPS) is 13.0. The van der Waals surface area contributed by atoms with Crippen LogP contribution in [0, 0.1) is 0 Å². The van der Waals surface area contributed by atoms with Gasteiger partial charge < -0.3 is 9.84 Å². The first-order chi connectivity index (χ1) is 3.66. The molecule has 1 unspecified atom stereocenters. The lowest BCUT2D eigenvalue weighted by Gasteiger charge is -2.00. The van der Waals surface area contributed by atoms with Gasteiger partial charge in [0.2, 0.25) is 0 Å². The highest BCUT2D eigenvalue weighted by Crippen LogP contribution is 1.92. The highest BCUT2D eigenvalue weighted by atomic mass is 16.6. The van der Waals surface area contributed by atoms with E-state index < -0.39 is 6.29 Å². The molecular weight excluding hydrogens is 104 g/mol. The quantitative estimate of drug-likeness (QED) is 0.429. The minimum atomic E-state index is -0.736. The maximum absolute atomic E-state index is 8.73. The van der Waals surface area contributed by atoms with E-state index in [4.69, 9.17) is 5.11 Å². The van der Waals surface area contributed by atoms with Crippen molar-refractivity contribution in [1.82, 2.24) is 0 Å². The van der Waals surface area contributed by atoms with Crippen LogP contribution in [-0.2, 0) is 4.74 Å². The van der Waals surface area contributed by atoms with Crippen LogP contribution in [0.25, 0.3) is 0 Å². The number of aliphatic hydroxyl groups is 1. The summed E-state index contributed by atoms with van der Waals surface area (Å²) in [4.78, 5) is 0. The monoisotopic (exact) mass is 116 g/mol. The van der Waals surface area contributed by atoms with E-state index in [-0.39, 0.29) is 0 Å². The van der Waals surface area contributed by atoms with Gasteiger partial charge in [-0.25, -0.2) is 0 Å². The summed E-state index contributed by atoms with van der Waals surface area (Å²) in [6, 6.07) is 0. The van der Waals surface area contributed by atoms with Crippen molar-refractivity contribution in [3.8, 4) is 0 Å². The van der Waals surface area contributed by atoms with Gasteiger partial charge in [-0.15, -0.1) is 0 Å². The minimum Gasteiger partial charge on any atom is -0.365 e. The number of hydrogen-bond acceptors (Lipinski definition) is 2. The van der Waals surface area contributed by atoms with Crippen LogP contribution < -0.4 is 0 Å². The van der Waals surface area contributed by atoms with Crippen molar-refractivity contribution < 1.29 is 9.84 Å². The Balaban J connectivity index is 3.51. The van der Waals surface area contributed by atoms with Crippen molar-refractivity contribution in [2.45, 2.75) is 20.1 Å². The van der Waals surface area contributed by atoms with Gasteiger partial charge in [0.25, 0.3) is 0 Å². The molecule has 0 fully saturated rings. The second-order valence-corrected chi connectivity index (χ2v) is 1.87. The molecule has 0 saturated heterocycles. The van der Waals surface area contributed by atoms with E-state index in [0.717, 1.165) is 5.57 Å². The summed E-state index contributed by atoms with van der Waals surface area (Å²) in [6.07, 6.45) is 0.903. The van der Waals surface area contributed by atoms with Crippen molar-refractivity contribution >= 4 is 0 Å². The summed E-state index contributed by atoms with van der Waals surface area (Å²) in [5.41, 5.74) is 1.05. The molecule has 0 aromatic carbocycles. The number of allylic oxidation sites excluding steroid dienone is 1. The molecule has 0 heterocycles. The molecule has 1 N–H and O–H groups in total. The van der Waals surface area contributed by atoms with Crippen LogP contribution in [0.1, 0.15) is 13.8 Å². The molecule has 0 rings (SSSR count). The largest absolute Gasteiger partial charge is 0.365 e. The maximum Gasteiger partial charge on any atom is 0.173 e. The van der Waals surface area contributed by atoms with Gasteiger partial charge in [0, 0.05) is 7.11 Å². The van der Waals surface area contributed by atoms with Crippen LogP contribution in [0.2, 0.25) is 0 Å². The smallest absolute Gasteiger partial charge is 0.173 e. The summed E-state index contributed by atoms with van der Waals surface area (Å²) in [6.45, 7) is 3.81. The number of hydrogen-bond donors (Lipinski definition) is 1. The molecular formula is C6H12O2. The van der Waals surface area contributed by atoms with Crippen LogP contribution in [-0.4, -0.2) is 18.5 Å². The zero-order valence-corrected chi connectivity index (χ0v) is 5.51. The van der Waals surface area contributed by atoms with E-state index in [2.05, 4.69) is 4.74 Å². The summed E-state index contributed by atoms with van der Waals surface area (Å²) in [7, 11) is 1.46. The second-order valence-electron chi connectivity index (χ2n) is 1.87. The van der Waals surface area contributed by atoms with E-state index in [1.807, 2.05) is 13.8 Å². The lowest BCUT2D eigenvalue weighted by Crippen LogP contribution is -2.04. The van der Waals surface area contributed by atoms with E-state index in [9.17, 15) is 0 Å². The Kier molecular flexibility index (Phi) is 3.48. The average Bonchev–Trinajstić information content (AvgIpc) is 1.65. The van der Waals surface area contributed by atoms with Crippen molar-refractivity contribution in [3.63, 3.8) is 0 Å². The molecule has 0 aliphatic rings. The fraction of sp³-hybridized carbons (Fsp3) is 0.667. The Morgan fingerprint density at radius 2 is 2.12 bits per heavy atom. The molecule has 0 saturated carbocycles. The molecule has 8 heavy (non-hydrogen) atoms. The van der Waals surface area contributed by atoms with E-state index in [1.165, 1.54) is 7.11 Å². The molecule has 0 spiro atoms. The third kappa shape index (κ3) is 3.84. The predicted octanol–water partition coefficient (Wildman–Crippen LogP) is 0.917. The van der Waals surface area contributed by atoms with Gasteiger partial charge in [0.1, 0.15) is 0 Å². The van der Waals surface area contributed by atoms with Crippen molar-refractivity contribution in [2.75, 3.05) is 7.11 Å². The molecule has 2 nitrogen and oxygen atoms in total. The SMILES string of the molecule is COC(O)C=C(C)C. The first kappa shape index (κ1) is 7.66. The Bertz CT molecular complexity index is 82.5. The maximum atomic E-state index is 8.73. The van der Waals surface area contributed by atoms with Gasteiger partial charge in [0.15, 0.2) is 6.29 Å². The van der Waals surface area contributed by atoms with E-state index in [0.29, 0.717) is 0 Å². The number of methoxy groups -OCH3 is 1. The highest BCUT2D eigenvalue weighted by Gasteiger charge is 1.91. The Hall–Kier alpha value is -0.340. The zero-order chi connectivity index (χ0) is 6.57. The molecule has 0 aliphatic carbocycles. The number of ether oxygens (including phenoxy) is 1. The standard InChI is InChI=1S/C6H12O2/c1-5(2)4-6(7)8-3/h4,6-7H,1-3H3. The van der Waals surface area contributed by atoms with Gasteiger partial charge in [-0.05, 0) is 19.9 Å². The highest BCUT2D eigenvalue weighted by molar-refractivity contribution is 4.94. The van der Waals surface area contributed by atoms with Crippen molar-refractivity contribution in [1.29, 1.82) is 0 Å². The number of aliphatic hydroxyl groups excluding tert-OH is 1. The molecule has 0 amide bonds. The minimum absolute atomic E-state index is 0.736. The lowest BCUT2D eigenvalue weighted by atomic mass is 10.3. The van der Waals surface area contributed by atoms with E-state index in [1.54, 1.807) is 6.08 Å². The third-order valence-corrected chi connectivity index (χ3v) is 0.717. The van der Waals surface area contributed by atoms with E-state index >= 15 is 0 Å². The van der Waals surface area contributed by atoms with Gasteiger partial charge in [-0.1, -0.05) is 5.57 Å². The van der Waals surface area contributed by atoms with Crippen molar-refractivity contribution in [3.05, 3.63) is 11.6 Å². The molecule has 2 heteroatoms. The first-order valence-corrected chi connectivity index (χ1v) is 2.52. The van der Waals surface area contributed by atoms with Crippen LogP contribution >= 0.6 is 0 Å². The Morgan fingerprint density at radius 1 is 1.62 bits per heavy atom. The summed E-state index contributed by atoms with van der Waals surface area (Å²) >= 11 is 0. The molecule has 0 aliphatic heterocycles. The first-order valence-electron chi connectivity index (χ1n) is 2.52. The van der Waals surface area contributed by atoms with Gasteiger partial charge in [-0.3, -0.25) is 0 Å². The summed E-state index contributed by atoms with van der Waals surface area (Å²) in [5.74, 6) is 0. The fourth-order valence-electron chi connectivity index (χ4n) is 0.353. The zero-order valence-electron chi connectivity index (χ0n) is 5.51. The second kappa shape index (κ2) is 3.64. The van der Waals surface area contributed by atoms with Crippen LogP contribution in [0.4, 0.5) is 0 Å². The van der Waals surface area contributed by atoms with Crippen molar-refractivity contribution in [2.24, 2.45) is 0 Å². The molecule has 0 aromatic rings. The van der Waals surface area contributed by atoms with Crippen LogP contribution in [0.3, 0.4) is 0 Å². The molecule has 0 aromatic heterocycles. The lowest BCUT2D eigenvalue weighted by molar-refractivity contribution is -0.0361. The van der Waals surface area contributed by atoms with Gasteiger partial charge in [0.05, 0.1) is 0 Å². The van der Waals surface area contributed by atoms with Gasteiger partial charge in [-0.2, -0.15) is 0 Å². The number of rotatable bonds is 2. The fourth-order valence-corrected chi connectivity index (χ4v) is 0.353. The van der Waals surface area contributed by atoms with Crippen LogP contribution in [0.15, 0.2) is 11.6 Å². The molecule has 0 bridgehead atoms. The average molecular weight is 116 g/mol. The molecule has 1 atom stereocenters. The Morgan fingerprint density at radius 3 is 2.25 bits per heavy atom. The Labute approximate surface area is 49.8 Å². The third-order valence-electron chi connectivity index (χ3n) is 0.717. The summed E-state index contributed by atoms with van der Waals surface area (Å²) < 4.78 is 4.54.